The fourth-order valence-electron chi connectivity index (χ4n) is 3.44. The van der Waals surface area contributed by atoms with E-state index in [9.17, 15) is 9.59 Å². The van der Waals surface area contributed by atoms with Gasteiger partial charge in [-0.3, -0.25) is 9.59 Å². The monoisotopic (exact) mass is 395 g/mol. The Morgan fingerprint density at radius 2 is 1.32 bits per heavy atom. The first-order valence-corrected chi connectivity index (χ1v) is 11.8. The van der Waals surface area contributed by atoms with Crippen molar-refractivity contribution < 1.29 is 14.7 Å². The Bertz CT molecular complexity index is 407. The largest absolute Gasteiger partial charge is 0.481 e. The van der Waals surface area contributed by atoms with Crippen molar-refractivity contribution in [3.63, 3.8) is 0 Å². The molecule has 0 aromatic rings. The van der Waals surface area contributed by atoms with Crippen LogP contribution in [0.3, 0.4) is 0 Å². The average molecular weight is 396 g/mol. The minimum atomic E-state index is -0.847. The molecule has 0 spiro atoms. The highest BCUT2D eigenvalue weighted by Gasteiger charge is 2.14. The van der Waals surface area contributed by atoms with Crippen LogP contribution in [0.5, 0.6) is 0 Å². The van der Waals surface area contributed by atoms with Gasteiger partial charge in [-0.1, -0.05) is 83.8 Å². The SMILES string of the molecule is CCCCCCCC/C=C\CCCCCCCC(=O)NC(CCC)CC(=O)O. The fourth-order valence-corrected chi connectivity index (χ4v) is 3.44. The maximum atomic E-state index is 11.9. The highest BCUT2D eigenvalue weighted by atomic mass is 16.4. The van der Waals surface area contributed by atoms with Crippen LogP contribution in [0.25, 0.3) is 0 Å². The first-order chi connectivity index (χ1) is 13.6. The van der Waals surface area contributed by atoms with Crippen LogP contribution in [0.4, 0.5) is 0 Å². The van der Waals surface area contributed by atoms with Gasteiger partial charge in [0.25, 0.3) is 0 Å². The van der Waals surface area contributed by atoms with Crippen molar-refractivity contribution in [2.75, 3.05) is 0 Å². The number of carboxylic acids is 1. The summed E-state index contributed by atoms with van der Waals surface area (Å²) in [5.41, 5.74) is 0. The van der Waals surface area contributed by atoms with E-state index >= 15 is 0 Å². The van der Waals surface area contributed by atoms with Crippen LogP contribution in [0.1, 0.15) is 123 Å². The van der Waals surface area contributed by atoms with Gasteiger partial charge in [-0.15, -0.1) is 0 Å². The van der Waals surface area contributed by atoms with Crippen LogP contribution in [-0.2, 0) is 9.59 Å². The van der Waals surface area contributed by atoms with E-state index in [-0.39, 0.29) is 18.4 Å². The van der Waals surface area contributed by atoms with Crippen molar-refractivity contribution in [3.05, 3.63) is 12.2 Å². The minimum Gasteiger partial charge on any atom is -0.481 e. The Morgan fingerprint density at radius 1 is 0.786 bits per heavy atom. The summed E-state index contributed by atoms with van der Waals surface area (Å²) in [6, 6.07) is -0.224. The second kappa shape index (κ2) is 20.4. The molecule has 0 aliphatic rings. The van der Waals surface area contributed by atoms with Crippen LogP contribution in [0.15, 0.2) is 12.2 Å². The molecular formula is C24H45NO3. The number of unbranched alkanes of at least 4 members (excludes halogenated alkanes) is 11. The molecular weight excluding hydrogens is 350 g/mol. The number of hydrogen-bond acceptors (Lipinski definition) is 2. The van der Waals surface area contributed by atoms with E-state index in [1.807, 2.05) is 6.92 Å². The Kier molecular flexibility index (Phi) is 19.5. The third-order valence-corrected chi connectivity index (χ3v) is 5.09. The van der Waals surface area contributed by atoms with Gasteiger partial charge in [0.15, 0.2) is 0 Å². The number of carbonyl (C=O) groups excluding carboxylic acids is 1. The normalized spacial score (nSPS) is 12.4. The summed E-state index contributed by atoms with van der Waals surface area (Å²) < 4.78 is 0. The van der Waals surface area contributed by atoms with Gasteiger partial charge >= 0.3 is 5.97 Å². The van der Waals surface area contributed by atoms with Gasteiger partial charge in [0, 0.05) is 12.5 Å². The summed E-state index contributed by atoms with van der Waals surface area (Å²) in [7, 11) is 0. The van der Waals surface area contributed by atoms with E-state index in [1.54, 1.807) is 0 Å². The second-order valence-corrected chi connectivity index (χ2v) is 7.99. The summed E-state index contributed by atoms with van der Waals surface area (Å²) in [6.45, 7) is 4.26. The zero-order valence-corrected chi connectivity index (χ0v) is 18.5. The van der Waals surface area contributed by atoms with Crippen molar-refractivity contribution in [3.8, 4) is 0 Å². The molecule has 1 unspecified atom stereocenters. The molecule has 0 saturated heterocycles. The van der Waals surface area contributed by atoms with Crippen LogP contribution in [0.2, 0.25) is 0 Å². The molecule has 2 N–H and O–H groups in total. The first kappa shape index (κ1) is 26.7. The van der Waals surface area contributed by atoms with E-state index in [0.717, 1.165) is 25.7 Å². The molecule has 1 amide bonds. The van der Waals surface area contributed by atoms with Gasteiger partial charge in [0.2, 0.25) is 5.91 Å². The van der Waals surface area contributed by atoms with Crippen molar-refractivity contribution >= 4 is 11.9 Å². The summed E-state index contributed by atoms with van der Waals surface area (Å²) >= 11 is 0. The fraction of sp³-hybridized carbons (Fsp3) is 0.833. The molecule has 164 valence electrons. The number of hydrogen-bond donors (Lipinski definition) is 2. The predicted molar refractivity (Wildman–Crippen MR) is 119 cm³/mol. The Balaban J connectivity index is 3.47. The molecule has 4 heteroatoms. The number of amides is 1. The average Bonchev–Trinajstić information content (AvgIpc) is 2.64. The molecule has 0 aromatic carbocycles. The summed E-state index contributed by atoms with van der Waals surface area (Å²) in [5, 5.41) is 11.8. The van der Waals surface area contributed by atoms with Gasteiger partial charge < -0.3 is 10.4 Å². The van der Waals surface area contributed by atoms with Gasteiger partial charge in [-0.25, -0.2) is 0 Å². The number of nitrogens with one attached hydrogen (secondary N) is 1. The molecule has 28 heavy (non-hydrogen) atoms. The Labute approximate surface area is 173 Å². The lowest BCUT2D eigenvalue weighted by atomic mass is 10.1. The van der Waals surface area contributed by atoms with E-state index in [0.29, 0.717) is 6.42 Å². The summed E-state index contributed by atoms with van der Waals surface area (Å²) in [4.78, 5) is 22.7. The maximum Gasteiger partial charge on any atom is 0.305 e. The maximum absolute atomic E-state index is 11.9. The lowest BCUT2D eigenvalue weighted by Crippen LogP contribution is -2.36. The Morgan fingerprint density at radius 3 is 1.86 bits per heavy atom. The highest BCUT2D eigenvalue weighted by molar-refractivity contribution is 5.77. The van der Waals surface area contributed by atoms with Gasteiger partial charge in [0.1, 0.15) is 0 Å². The van der Waals surface area contributed by atoms with E-state index < -0.39 is 5.97 Å². The zero-order valence-electron chi connectivity index (χ0n) is 18.5. The van der Waals surface area contributed by atoms with Crippen LogP contribution >= 0.6 is 0 Å². The van der Waals surface area contributed by atoms with Crippen molar-refractivity contribution in [2.24, 2.45) is 0 Å². The Hall–Kier alpha value is -1.32. The summed E-state index contributed by atoms with van der Waals surface area (Å²) in [6.07, 6.45) is 23.0. The van der Waals surface area contributed by atoms with Crippen molar-refractivity contribution in [1.29, 1.82) is 0 Å². The molecule has 0 rings (SSSR count). The number of carbonyl (C=O) groups is 2. The van der Waals surface area contributed by atoms with Gasteiger partial charge in [-0.2, -0.15) is 0 Å². The third-order valence-electron chi connectivity index (χ3n) is 5.09. The number of carboxylic acid groups (broad SMARTS) is 1. The van der Waals surface area contributed by atoms with Crippen molar-refractivity contribution in [2.45, 2.75) is 129 Å². The topological polar surface area (TPSA) is 66.4 Å². The predicted octanol–water partition coefficient (Wildman–Crippen LogP) is 6.78. The standard InChI is InChI=1S/C24H45NO3/c1-3-5-6-7-8-9-10-11-12-13-14-15-16-17-18-20-23(26)25-22(19-4-2)21-24(27)28/h11-12,22H,3-10,13-21H2,1-2H3,(H,25,26)(H,27,28)/b12-11-. The molecule has 0 fully saturated rings. The summed E-state index contributed by atoms with van der Waals surface area (Å²) in [5.74, 6) is -0.850. The lowest BCUT2D eigenvalue weighted by molar-refractivity contribution is -0.137. The minimum absolute atomic E-state index is 0.00247. The lowest BCUT2D eigenvalue weighted by Gasteiger charge is -2.16. The second-order valence-electron chi connectivity index (χ2n) is 7.99. The zero-order chi connectivity index (χ0) is 20.9. The molecule has 0 heterocycles. The van der Waals surface area contributed by atoms with Crippen LogP contribution < -0.4 is 5.32 Å². The third kappa shape index (κ3) is 19.4. The van der Waals surface area contributed by atoms with Crippen molar-refractivity contribution in [1.82, 2.24) is 5.32 Å². The first-order valence-electron chi connectivity index (χ1n) is 11.8. The molecule has 0 radical (unpaired) electrons. The van der Waals surface area contributed by atoms with Crippen LogP contribution in [-0.4, -0.2) is 23.0 Å². The molecule has 0 aliphatic heterocycles. The van der Waals surface area contributed by atoms with Crippen LogP contribution in [0, 0.1) is 0 Å². The smallest absolute Gasteiger partial charge is 0.305 e. The molecule has 0 bridgehead atoms. The van der Waals surface area contributed by atoms with E-state index in [1.165, 1.54) is 70.6 Å². The van der Waals surface area contributed by atoms with E-state index in [4.69, 9.17) is 5.11 Å². The molecule has 4 nitrogen and oxygen atoms in total. The number of rotatable bonds is 20. The molecule has 0 aliphatic carbocycles. The highest BCUT2D eigenvalue weighted by Crippen LogP contribution is 2.10. The molecule has 0 aromatic heterocycles. The van der Waals surface area contributed by atoms with E-state index in [2.05, 4.69) is 24.4 Å². The van der Waals surface area contributed by atoms with Gasteiger partial charge in [0.05, 0.1) is 6.42 Å². The quantitative estimate of drug-likeness (QED) is 0.176. The molecule has 1 atom stereocenters. The number of allylic oxidation sites excluding steroid dienone is 2. The number of aliphatic carboxylic acids is 1. The van der Waals surface area contributed by atoms with Gasteiger partial charge in [-0.05, 0) is 38.5 Å². The molecule has 0 saturated carbocycles.